The summed E-state index contributed by atoms with van der Waals surface area (Å²) in [5, 5.41) is 20.7. The van der Waals surface area contributed by atoms with Crippen LogP contribution in [0.5, 0.6) is 0 Å². The van der Waals surface area contributed by atoms with Crippen LogP contribution in [0.1, 0.15) is 30.6 Å². The lowest BCUT2D eigenvalue weighted by Gasteiger charge is -2.34. The average Bonchev–Trinajstić information content (AvgIpc) is 2.72. The molecule has 4 heteroatoms. The molecule has 2 N–H and O–H groups in total. The maximum Gasteiger partial charge on any atom is 0.314 e. The predicted octanol–water partition coefficient (Wildman–Crippen LogP) is 2.01. The summed E-state index contributed by atoms with van der Waals surface area (Å²) in [5.74, 6) is -0.753. The highest BCUT2D eigenvalue weighted by atomic mass is 32.1. The molecule has 0 radical (unpaired) electrons. The fourth-order valence-corrected chi connectivity index (χ4v) is 3.19. The molecule has 1 heterocycles. The summed E-state index contributed by atoms with van der Waals surface area (Å²) in [4.78, 5) is 12.3. The Morgan fingerprint density at radius 1 is 1.47 bits per heavy atom. The highest BCUT2D eigenvalue weighted by molar-refractivity contribution is 7.10. The zero-order chi connectivity index (χ0) is 10.9. The van der Waals surface area contributed by atoms with E-state index in [1.807, 2.05) is 17.5 Å². The highest BCUT2D eigenvalue weighted by Gasteiger charge is 2.43. The zero-order valence-corrected chi connectivity index (χ0v) is 9.17. The summed E-state index contributed by atoms with van der Waals surface area (Å²) >= 11 is 1.50. The van der Waals surface area contributed by atoms with E-state index in [9.17, 15) is 15.0 Å². The van der Waals surface area contributed by atoms with E-state index in [-0.39, 0.29) is 6.10 Å². The minimum absolute atomic E-state index is 0.322. The van der Waals surface area contributed by atoms with E-state index in [0.717, 1.165) is 4.88 Å². The molecular weight excluding hydrogens is 212 g/mol. The number of thiophene rings is 1. The van der Waals surface area contributed by atoms with Crippen LogP contribution in [-0.4, -0.2) is 22.3 Å². The number of carboxylic acid groups (broad SMARTS) is 1. The molecule has 0 aromatic carbocycles. The van der Waals surface area contributed by atoms with E-state index >= 15 is 0 Å². The van der Waals surface area contributed by atoms with Crippen molar-refractivity contribution in [2.24, 2.45) is 0 Å². The van der Waals surface area contributed by atoms with Crippen LogP contribution in [-0.2, 0) is 10.2 Å². The van der Waals surface area contributed by atoms with Crippen molar-refractivity contribution < 1.29 is 15.0 Å². The first kappa shape index (κ1) is 10.6. The van der Waals surface area contributed by atoms with Crippen molar-refractivity contribution in [1.82, 2.24) is 0 Å². The van der Waals surface area contributed by atoms with Gasteiger partial charge in [0.15, 0.2) is 0 Å². The van der Waals surface area contributed by atoms with Crippen molar-refractivity contribution in [3.05, 3.63) is 22.4 Å². The Hall–Kier alpha value is -0.870. The van der Waals surface area contributed by atoms with E-state index in [2.05, 4.69) is 0 Å². The number of rotatable bonds is 2. The number of hydrogen-bond acceptors (Lipinski definition) is 3. The van der Waals surface area contributed by atoms with Gasteiger partial charge in [-0.1, -0.05) is 6.07 Å². The minimum Gasteiger partial charge on any atom is -0.481 e. The SMILES string of the molecule is O=C(O)C1(c2cccs2)CCC(O)CC1. The van der Waals surface area contributed by atoms with Gasteiger partial charge in [-0.05, 0) is 37.1 Å². The van der Waals surface area contributed by atoms with Crippen molar-refractivity contribution in [3.63, 3.8) is 0 Å². The molecule has 15 heavy (non-hydrogen) atoms. The number of aliphatic hydroxyl groups excluding tert-OH is 1. The first-order chi connectivity index (χ1) is 7.15. The Morgan fingerprint density at radius 2 is 2.13 bits per heavy atom. The molecule has 0 atom stereocenters. The smallest absolute Gasteiger partial charge is 0.314 e. The Bertz CT molecular complexity index is 337. The number of aliphatic hydroxyl groups is 1. The monoisotopic (exact) mass is 226 g/mol. The molecule has 1 aromatic rings. The van der Waals surface area contributed by atoms with E-state index in [0.29, 0.717) is 25.7 Å². The molecule has 0 saturated heterocycles. The van der Waals surface area contributed by atoms with Gasteiger partial charge in [0, 0.05) is 4.88 Å². The van der Waals surface area contributed by atoms with Gasteiger partial charge in [-0.2, -0.15) is 0 Å². The van der Waals surface area contributed by atoms with Crippen molar-refractivity contribution in [2.75, 3.05) is 0 Å². The Labute approximate surface area is 92.4 Å². The van der Waals surface area contributed by atoms with Crippen LogP contribution in [0, 0.1) is 0 Å². The number of hydrogen-bond donors (Lipinski definition) is 2. The van der Waals surface area contributed by atoms with Gasteiger partial charge in [0.05, 0.1) is 6.10 Å². The fourth-order valence-electron chi connectivity index (χ4n) is 2.21. The molecule has 1 aliphatic rings. The molecule has 2 rings (SSSR count). The normalized spacial score (nSPS) is 31.4. The van der Waals surface area contributed by atoms with Crippen LogP contribution < -0.4 is 0 Å². The highest BCUT2D eigenvalue weighted by Crippen LogP contribution is 2.41. The van der Waals surface area contributed by atoms with E-state index in [1.54, 1.807) is 0 Å². The van der Waals surface area contributed by atoms with Crippen LogP contribution in [0.4, 0.5) is 0 Å². The largest absolute Gasteiger partial charge is 0.481 e. The second-order valence-electron chi connectivity index (χ2n) is 4.10. The Kier molecular flexibility index (Phi) is 2.80. The number of carboxylic acids is 1. The van der Waals surface area contributed by atoms with E-state index in [4.69, 9.17) is 0 Å². The summed E-state index contributed by atoms with van der Waals surface area (Å²) in [6, 6.07) is 3.77. The van der Waals surface area contributed by atoms with Crippen molar-refractivity contribution in [2.45, 2.75) is 37.2 Å². The van der Waals surface area contributed by atoms with Gasteiger partial charge in [0.2, 0.25) is 0 Å². The van der Waals surface area contributed by atoms with Crippen molar-refractivity contribution >= 4 is 17.3 Å². The molecule has 1 aliphatic carbocycles. The van der Waals surface area contributed by atoms with Crippen LogP contribution in [0.2, 0.25) is 0 Å². The summed E-state index contributed by atoms with van der Waals surface area (Å²) < 4.78 is 0. The lowest BCUT2D eigenvalue weighted by molar-refractivity contribution is -0.146. The quantitative estimate of drug-likeness (QED) is 0.811. The topological polar surface area (TPSA) is 57.5 Å². The average molecular weight is 226 g/mol. The van der Waals surface area contributed by atoms with E-state index < -0.39 is 11.4 Å². The molecule has 3 nitrogen and oxygen atoms in total. The molecular formula is C11H14O3S. The Morgan fingerprint density at radius 3 is 2.60 bits per heavy atom. The van der Waals surface area contributed by atoms with Crippen LogP contribution in [0.25, 0.3) is 0 Å². The van der Waals surface area contributed by atoms with Gasteiger partial charge in [-0.25, -0.2) is 0 Å². The molecule has 0 amide bonds. The molecule has 1 saturated carbocycles. The molecule has 0 spiro atoms. The third-order valence-electron chi connectivity index (χ3n) is 3.21. The van der Waals surface area contributed by atoms with Gasteiger partial charge in [0.25, 0.3) is 0 Å². The van der Waals surface area contributed by atoms with Gasteiger partial charge in [0.1, 0.15) is 5.41 Å². The maximum absolute atomic E-state index is 11.4. The summed E-state index contributed by atoms with van der Waals surface area (Å²) in [6.07, 6.45) is 1.94. The minimum atomic E-state index is -0.753. The fraction of sp³-hybridized carbons (Fsp3) is 0.545. The molecule has 0 unspecified atom stereocenters. The van der Waals surface area contributed by atoms with Crippen molar-refractivity contribution in [1.29, 1.82) is 0 Å². The molecule has 82 valence electrons. The van der Waals surface area contributed by atoms with Gasteiger partial charge >= 0.3 is 5.97 Å². The molecule has 0 aliphatic heterocycles. The first-order valence-corrected chi connectivity index (χ1v) is 5.98. The second-order valence-corrected chi connectivity index (χ2v) is 5.04. The lowest BCUT2D eigenvalue weighted by atomic mass is 9.72. The van der Waals surface area contributed by atoms with Crippen LogP contribution in [0.15, 0.2) is 17.5 Å². The van der Waals surface area contributed by atoms with Gasteiger partial charge in [-0.3, -0.25) is 4.79 Å². The third-order valence-corrected chi connectivity index (χ3v) is 4.28. The summed E-state index contributed by atoms with van der Waals surface area (Å²) in [7, 11) is 0. The van der Waals surface area contributed by atoms with E-state index in [1.165, 1.54) is 11.3 Å². The first-order valence-electron chi connectivity index (χ1n) is 5.10. The summed E-state index contributed by atoms with van der Waals surface area (Å²) in [6.45, 7) is 0. The maximum atomic E-state index is 11.4. The summed E-state index contributed by atoms with van der Waals surface area (Å²) in [5.41, 5.74) is -0.743. The second kappa shape index (κ2) is 3.94. The third kappa shape index (κ3) is 1.79. The standard InChI is InChI=1S/C11H14O3S/c12-8-3-5-11(6-4-8,10(13)14)9-2-1-7-15-9/h1-2,7-8,12H,3-6H2,(H,13,14). The predicted molar refractivity (Wildman–Crippen MR) is 58.1 cm³/mol. The molecule has 0 bridgehead atoms. The molecule has 1 fully saturated rings. The van der Waals surface area contributed by atoms with Gasteiger partial charge in [-0.15, -0.1) is 11.3 Å². The van der Waals surface area contributed by atoms with Gasteiger partial charge < -0.3 is 10.2 Å². The van der Waals surface area contributed by atoms with Crippen LogP contribution >= 0.6 is 11.3 Å². The number of carbonyl (C=O) groups is 1. The number of aliphatic carboxylic acids is 1. The van der Waals surface area contributed by atoms with Crippen LogP contribution in [0.3, 0.4) is 0 Å². The van der Waals surface area contributed by atoms with Crippen molar-refractivity contribution in [3.8, 4) is 0 Å². The molecule has 1 aromatic heterocycles. The Balaban J connectivity index is 2.30. The lowest BCUT2D eigenvalue weighted by Crippen LogP contribution is -2.40. The zero-order valence-electron chi connectivity index (χ0n) is 8.35.